The highest BCUT2D eigenvalue weighted by molar-refractivity contribution is 5.28. The molecule has 80 valence electrons. The van der Waals surface area contributed by atoms with E-state index in [0.717, 1.165) is 0 Å². The second-order valence-corrected chi connectivity index (χ2v) is 6.03. The van der Waals surface area contributed by atoms with Gasteiger partial charge in [-0.05, 0) is 35.5 Å². The predicted octanol–water partition coefficient (Wildman–Crippen LogP) is 3.14. The minimum absolute atomic E-state index is 0.188. The van der Waals surface area contributed by atoms with E-state index in [0.29, 0.717) is 16.2 Å². The Bertz CT molecular complexity index is 266. The molecule has 2 rings (SSSR count). The molecule has 1 N–H and O–H groups in total. The van der Waals surface area contributed by atoms with E-state index in [4.69, 9.17) is 5.11 Å². The normalized spacial score (nSPS) is 45.1. The second-order valence-electron chi connectivity index (χ2n) is 6.03. The first-order valence-corrected chi connectivity index (χ1v) is 5.76. The third kappa shape index (κ3) is 1.11. The lowest BCUT2D eigenvalue weighted by Crippen LogP contribution is -2.32. The van der Waals surface area contributed by atoms with Crippen LogP contribution in [0, 0.1) is 16.2 Å². The molecule has 0 aromatic heterocycles. The lowest BCUT2D eigenvalue weighted by atomic mass is 9.63. The maximum absolute atomic E-state index is 8.90. The Morgan fingerprint density at radius 3 is 2.50 bits per heavy atom. The highest BCUT2D eigenvalue weighted by Crippen LogP contribution is 2.78. The third-order valence-electron chi connectivity index (χ3n) is 4.87. The Morgan fingerprint density at radius 1 is 1.21 bits per heavy atom. The minimum Gasteiger partial charge on any atom is -0.392 e. The van der Waals surface area contributed by atoms with Crippen molar-refractivity contribution in [3.8, 4) is 0 Å². The number of aliphatic hydroxyl groups excluding tert-OH is 1. The minimum atomic E-state index is 0.188. The molecule has 1 nitrogen and oxygen atoms in total. The van der Waals surface area contributed by atoms with E-state index in [1.54, 1.807) is 0 Å². The van der Waals surface area contributed by atoms with Gasteiger partial charge in [0.05, 0.1) is 6.61 Å². The molecule has 0 heterocycles. The van der Waals surface area contributed by atoms with Crippen LogP contribution in [0.4, 0.5) is 0 Å². The summed E-state index contributed by atoms with van der Waals surface area (Å²) < 4.78 is 0. The van der Waals surface area contributed by atoms with Gasteiger partial charge >= 0.3 is 0 Å². The van der Waals surface area contributed by atoms with Crippen molar-refractivity contribution in [1.82, 2.24) is 0 Å². The zero-order valence-corrected chi connectivity index (χ0v) is 9.64. The Hall–Kier alpha value is -0.300. The summed E-state index contributed by atoms with van der Waals surface area (Å²) in [6.07, 6.45) is 9.64. The van der Waals surface area contributed by atoms with E-state index in [9.17, 15) is 0 Å². The number of fused-ring (bicyclic) bond motifs is 1. The Morgan fingerprint density at radius 2 is 1.93 bits per heavy atom. The molecule has 0 radical (unpaired) electrons. The lowest BCUT2D eigenvalue weighted by molar-refractivity contribution is 0.118. The van der Waals surface area contributed by atoms with Gasteiger partial charge in [0.15, 0.2) is 0 Å². The van der Waals surface area contributed by atoms with Gasteiger partial charge in [0.1, 0.15) is 0 Å². The summed E-state index contributed by atoms with van der Waals surface area (Å²) in [5.41, 5.74) is 1.34. The van der Waals surface area contributed by atoms with Crippen LogP contribution < -0.4 is 0 Å². The van der Waals surface area contributed by atoms with Crippen molar-refractivity contribution in [2.45, 2.75) is 46.5 Å². The molecule has 0 bridgehead atoms. The summed E-state index contributed by atoms with van der Waals surface area (Å²) in [6, 6.07) is 0. The molecule has 0 unspecified atom stereocenters. The average molecular weight is 194 g/mol. The molecule has 2 fully saturated rings. The molecule has 0 aliphatic heterocycles. The van der Waals surface area contributed by atoms with Crippen LogP contribution in [0.1, 0.15) is 46.5 Å². The standard InChI is InChI=1S/C13H22O/c1-11(2)6-4-7-12(3)10-13(11,12)8-5-9-14/h5,8,14H,4,6-7,9-10H2,1-3H3/b8-5+/t12-,13+/m1/s1. The molecular formula is C13H22O. The van der Waals surface area contributed by atoms with Crippen molar-refractivity contribution in [2.24, 2.45) is 16.2 Å². The number of aliphatic hydroxyl groups is 1. The van der Waals surface area contributed by atoms with Crippen LogP contribution in [0.25, 0.3) is 0 Å². The van der Waals surface area contributed by atoms with Gasteiger partial charge in [-0.2, -0.15) is 0 Å². The second kappa shape index (κ2) is 2.85. The van der Waals surface area contributed by atoms with E-state index < -0.39 is 0 Å². The van der Waals surface area contributed by atoms with Gasteiger partial charge in [0.25, 0.3) is 0 Å². The highest BCUT2D eigenvalue weighted by atomic mass is 16.2. The van der Waals surface area contributed by atoms with Gasteiger partial charge in [0, 0.05) is 0 Å². The van der Waals surface area contributed by atoms with E-state index in [1.165, 1.54) is 25.7 Å². The molecule has 2 saturated carbocycles. The first-order chi connectivity index (χ1) is 6.47. The Kier molecular flexibility index (Phi) is 2.08. The molecule has 0 spiro atoms. The summed E-state index contributed by atoms with van der Waals surface area (Å²) in [6.45, 7) is 7.38. The maximum atomic E-state index is 8.90. The number of allylic oxidation sites excluding steroid dienone is 1. The van der Waals surface area contributed by atoms with Crippen LogP contribution in [-0.2, 0) is 0 Å². The maximum Gasteiger partial charge on any atom is 0.0612 e. The van der Waals surface area contributed by atoms with Crippen molar-refractivity contribution >= 4 is 0 Å². The highest BCUT2D eigenvalue weighted by Gasteiger charge is 2.69. The summed E-state index contributed by atoms with van der Waals surface area (Å²) in [5, 5.41) is 8.90. The molecule has 1 heteroatoms. The van der Waals surface area contributed by atoms with Crippen LogP contribution in [0.15, 0.2) is 12.2 Å². The number of hydrogen-bond acceptors (Lipinski definition) is 1. The van der Waals surface area contributed by atoms with Crippen molar-refractivity contribution in [3.05, 3.63) is 12.2 Å². The number of hydrogen-bond donors (Lipinski definition) is 1. The van der Waals surface area contributed by atoms with Crippen LogP contribution in [0.2, 0.25) is 0 Å². The van der Waals surface area contributed by atoms with Crippen molar-refractivity contribution in [1.29, 1.82) is 0 Å². The Balaban J connectivity index is 2.28. The first-order valence-electron chi connectivity index (χ1n) is 5.76. The van der Waals surface area contributed by atoms with Gasteiger partial charge in [0.2, 0.25) is 0 Å². The van der Waals surface area contributed by atoms with E-state index in [1.807, 2.05) is 6.08 Å². The zero-order valence-electron chi connectivity index (χ0n) is 9.64. The van der Waals surface area contributed by atoms with E-state index in [-0.39, 0.29) is 6.61 Å². The molecule has 0 amide bonds. The van der Waals surface area contributed by atoms with Crippen LogP contribution in [0.5, 0.6) is 0 Å². The van der Waals surface area contributed by atoms with Crippen LogP contribution in [0.3, 0.4) is 0 Å². The fraction of sp³-hybridized carbons (Fsp3) is 0.846. The molecule has 2 aliphatic rings. The third-order valence-corrected chi connectivity index (χ3v) is 4.87. The van der Waals surface area contributed by atoms with E-state index >= 15 is 0 Å². The monoisotopic (exact) mass is 194 g/mol. The molecule has 2 aliphatic carbocycles. The molecule has 2 atom stereocenters. The summed E-state index contributed by atoms with van der Waals surface area (Å²) in [5.74, 6) is 0. The molecule has 14 heavy (non-hydrogen) atoms. The quantitative estimate of drug-likeness (QED) is 0.670. The summed E-state index contributed by atoms with van der Waals surface area (Å²) in [7, 11) is 0. The van der Waals surface area contributed by atoms with E-state index in [2.05, 4.69) is 26.8 Å². The Labute approximate surface area is 87.2 Å². The average Bonchev–Trinajstić information content (AvgIpc) is 2.70. The predicted molar refractivity (Wildman–Crippen MR) is 59.0 cm³/mol. The SMILES string of the molecule is CC1(C)CCC[C@]2(C)C[C@@]12/C=C/CO. The lowest BCUT2D eigenvalue weighted by Gasteiger charge is -2.41. The van der Waals surface area contributed by atoms with Gasteiger partial charge in [-0.3, -0.25) is 0 Å². The molecule has 0 saturated heterocycles. The fourth-order valence-electron chi connectivity index (χ4n) is 3.82. The molecule has 0 aromatic rings. The smallest absolute Gasteiger partial charge is 0.0612 e. The topological polar surface area (TPSA) is 20.2 Å². The van der Waals surface area contributed by atoms with Crippen molar-refractivity contribution < 1.29 is 5.11 Å². The fourth-order valence-corrected chi connectivity index (χ4v) is 3.82. The molecule has 0 aromatic carbocycles. The van der Waals surface area contributed by atoms with Gasteiger partial charge < -0.3 is 5.11 Å². The zero-order chi connectivity index (χ0) is 10.4. The van der Waals surface area contributed by atoms with Gasteiger partial charge in [-0.1, -0.05) is 39.3 Å². The number of rotatable bonds is 2. The van der Waals surface area contributed by atoms with Gasteiger partial charge in [-0.25, -0.2) is 0 Å². The van der Waals surface area contributed by atoms with Crippen molar-refractivity contribution in [2.75, 3.05) is 6.61 Å². The van der Waals surface area contributed by atoms with Crippen molar-refractivity contribution in [3.63, 3.8) is 0 Å². The van der Waals surface area contributed by atoms with Gasteiger partial charge in [-0.15, -0.1) is 0 Å². The molecular weight excluding hydrogens is 172 g/mol. The summed E-state index contributed by atoms with van der Waals surface area (Å²) in [4.78, 5) is 0. The summed E-state index contributed by atoms with van der Waals surface area (Å²) >= 11 is 0. The van der Waals surface area contributed by atoms with Crippen LogP contribution in [-0.4, -0.2) is 11.7 Å². The largest absolute Gasteiger partial charge is 0.392 e. The first kappa shape index (κ1) is 10.2. The van der Waals surface area contributed by atoms with Crippen LogP contribution >= 0.6 is 0 Å².